The Kier molecular flexibility index (Phi) is 2.66. The van der Waals surface area contributed by atoms with E-state index < -0.39 is 0 Å². The van der Waals surface area contributed by atoms with Crippen molar-refractivity contribution in [3.05, 3.63) is 16.8 Å². The average Bonchev–Trinajstić information content (AvgIpc) is 3.13. The zero-order chi connectivity index (χ0) is 13.7. The highest BCUT2D eigenvalue weighted by atomic mass is 32.1. The summed E-state index contributed by atoms with van der Waals surface area (Å²) in [7, 11) is 0. The van der Waals surface area contributed by atoms with Gasteiger partial charge in [0, 0.05) is 18.0 Å². The monoisotopic (exact) mass is 288 g/mol. The summed E-state index contributed by atoms with van der Waals surface area (Å²) in [6.07, 6.45) is 5.99. The number of carbonyl (C=O) groups excluding carboxylic acids is 1. The first kappa shape index (κ1) is 12.1. The van der Waals surface area contributed by atoms with Crippen molar-refractivity contribution >= 4 is 33.3 Å². The Balaban J connectivity index is 1.79. The van der Waals surface area contributed by atoms with Crippen LogP contribution in [-0.4, -0.2) is 29.0 Å². The Morgan fingerprint density at radius 3 is 3.10 bits per heavy atom. The number of nitrogens with zero attached hydrogens (tertiary/aromatic N) is 3. The van der Waals surface area contributed by atoms with Crippen LogP contribution in [0.4, 0.5) is 5.82 Å². The fraction of sp³-hybridized carbons (Fsp3) is 0.500. The molecule has 1 aliphatic heterocycles. The van der Waals surface area contributed by atoms with Crippen LogP contribution in [0.25, 0.3) is 10.2 Å². The predicted molar refractivity (Wildman–Crippen MR) is 79.0 cm³/mol. The van der Waals surface area contributed by atoms with Gasteiger partial charge in [-0.05, 0) is 31.2 Å². The van der Waals surface area contributed by atoms with Gasteiger partial charge in [-0.3, -0.25) is 4.79 Å². The predicted octanol–water partition coefficient (Wildman–Crippen LogP) is 1.49. The van der Waals surface area contributed by atoms with Gasteiger partial charge in [0.2, 0.25) is 5.91 Å². The molecule has 2 aromatic heterocycles. The van der Waals surface area contributed by atoms with E-state index in [4.69, 9.17) is 5.73 Å². The normalized spacial score (nSPS) is 21.6. The van der Waals surface area contributed by atoms with Gasteiger partial charge in [0.25, 0.3) is 0 Å². The first-order valence-electron chi connectivity index (χ1n) is 7.03. The van der Waals surface area contributed by atoms with Crippen LogP contribution in [0.5, 0.6) is 0 Å². The molecule has 1 aliphatic carbocycles. The highest BCUT2D eigenvalue weighted by Crippen LogP contribution is 2.40. The highest BCUT2D eigenvalue weighted by molar-refractivity contribution is 7.19. The zero-order valence-electron chi connectivity index (χ0n) is 11.1. The Labute approximate surface area is 120 Å². The molecule has 0 bridgehead atoms. The van der Waals surface area contributed by atoms with Gasteiger partial charge in [-0.15, -0.1) is 11.3 Å². The average molecular weight is 288 g/mol. The first-order chi connectivity index (χ1) is 9.74. The fourth-order valence-corrected chi connectivity index (χ4v) is 4.56. The number of primary amides is 1. The summed E-state index contributed by atoms with van der Waals surface area (Å²) in [5.74, 6) is 0.748. The van der Waals surface area contributed by atoms with Gasteiger partial charge in [-0.1, -0.05) is 0 Å². The van der Waals surface area contributed by atoms with Crippen molar-refractivity contribution in [1.82, 2.24) is 9.97 Å². The van der Waals surface area contributed by atoms with Crippen molar-refractivity contribution in [2.24, 2.45) is 11.7 Å². The lowest BCUT2D eigenvalue weighted by atomic mass is 10.1. The summed E-state index contributed by atoms with van der Waals surface area (Å²) < 4.78 is 0. The molecule has 6 heteroatoms. The van der Waals surface area contributed by atoms with E-state index in [2.05, 4.69) is 14.9 Å². The maximum absolute atomic E-state index is 11.3. The summed E-state index contributed by atoms with van der Waals surface area (Å²) in [5, 5.41) is 1.22. The van der Waals surface area contributed by atoms with Crippen molar-refractivity contribution < 1.29 is 4.79 Å². The first-order valence-corrected chi connectivity index (χ1v) is 7.85. The molecule has 5 nitrogen and oxygen atoms in total. The molecule has 1 unspecified atom stereocenters. The fourth-order valence-electron chi connectivity index (χ4n) is 3.34. The van der Waals surface area contributed by atoms with E-state index in [0.29, 0.717) is 6.54 Å². The summed E-state index contributed by atoms with van der Waals surface area (Å²) in [6.45, 7) is 1.54. The lowest BCUT2D eigenvalue weighted by molar-refractivity contribution is -0.121. The van der Waals surface area contributed by atoms with Crippen molar-refractivity contribution in [2.45, 2.75) is 25.7 Å². The maximum Gasteiger partial charge on any atom is 0.222 e. The van der Waals surface area contributed by atoms with E-state index >= 15 is 0 Å². The number of hydrogen-bond donors (Lipinski definition) is 1. The van der Waals surface area contributed by atoms with Crippen LogP contribution < -0.4 is 10.6 Å². The molecule has 0 saturated carbocycles. The standard InChI is InChI=1S/C14H16N4OS/c15-12(19)8-4-5-18(6-8)13-11-9-2-1-3-10(9)20-14(11)17-7-16-13/h7-8H,1-6H2,(H2,15,19). The van der Waals surface area contributed by atoms with Crippen molar-refractivity contribution in [1.29, 1.82) is 0 Å². The second-order valence-electron chi connectivity index (χ2n) is 5.57. The second-order valence-corrected chi connectivity index (χ2v) is 6.65. The molecule has 104 valence electrons. The topological polar surface area (TPSA) is 72.1 Å². The summed E-state index contributed by atoms with van der Waals surface area (Å²) >= 11 is 1.80. The number of amides is 1. The number of hydrogen-bond acceptors (Lipinski definition) is 5. The Morgan fingerprint density at radius 2 is 2.30 bits per heavy atom. The minimum absolute atomic E-state index is 0.0494. The SMILES string of the molecule is NC(=O)C1CCN(c2ncnc3sc4c(c23)CCC4)C1. The zero-order valence-corrected chi connectivity index (χ0v) is 11.9. The van der Waals surface area contributed by atoms with Crippen molar-refractivity contribution in [3.63, 3.8) is 0 Å². The van der Waals surface area contributed by atoms with Crippen LogP contribution in [0, 0.1) is 5.92 Å². The number of thiophene rings is 1. The van der Waals surface area contributed by atoms with Gasteiger partial charge in [0.05, 0.1) is 11.3 Å². The third-order valence-corrected chi connectivity index (χ3v) is 5.57. The summed E-state index contributed by atoms with van der Waals surface area (Å²) in [5.41, 5.74) is 6.86. The van der Waals surface area contributed by atoms with Crippen molar-refractivity contribution in [3.8, 4) is 0 Å². The molecule has 0 aromatic carbocycles. The molecule has 2 aliphatic rings. The number of rotatable bonds is 2. The smallest absolute Gasteiger partial charge is 0.222 e. The molecule has 20 heavy (non-hydrogen) atoms. The Morgan fingerprint density at radius 1 is 1.40 bits per heavy atom. The summed E-state index contributed by atoms with van der Waals surface area (Å²) in [6, 6.07) is 0. The molecule has 0 radical (unpaired) electrons. The van der Waals surface area contributed by atoms with Gasteiger partial charge in [-0.2, -0.15) is 0 Å². The van der Waals surface area contributed by atoms with Gasteiger partial charge >= 0.3 is 0 Å². The number of aryl methyl sites for hydroxylation is 2. The molecule has 1 amide bonds. The lowest BCUT2D eigenvalue weighted by Crippen LogP contribution is -2.27. The molecule has 1 saturated heterocycles. The number of fused-ring (bicyclic) bond motifs is 3. The molecule has 0 spiro atoms. The largest absolute Gasteiger partial charge is 0.369 e. The molecular formula is C14H16N4OS. The molecule has 2 N–H and O–H groups in total. The van der Waals surface area contributed by atoms with E-state index in [-0.39, 0.29) is 11.8 Å². The van der Waals surface area contributed by atoms with E-state index in [1.807, 2.05) is 0 Å². The highest BCUT2D eigenvalue weighted by Gasteiger charge is 2.30. The minimum atomic E-state index is -0.201. The van der Waals surface area contributed by atoms with Gasteiger partial charge in [0.15, 0.2) is 0 Å². The van der Waals surface area contributed by atoms with Crippen LogP contribution in [0.15, 0.2) is 6.33 Å². The van der Waals surface area contributed by atoms with E-state index in [9.17, 15) is 4.79 Å². The number of nitrogens with two attached hydrogens (primary N) is 1. The van der Waals surface area contributed by atoms with Crippen LogP contribution in [-0.2, 0) is 17.6 Å². The third kappa shape index (κ3) is 1.71. The third-order valence-electron chi connectivity index (χ3n) is 4.37. The quantitative estimate of drug-likeness (QED) is 0.909. The number of anilines is 1. The Hall–Kier alpha value is -1.69. The molecule has 2 aromatic rings. The lowest BCUT2D eigenvalue weighted by Gasteiger charge is -2.18. The maximum atomic E-state index is 11.3. The van der Waals surface area contributed by atoms with Crippen LogP contribution >= 0.6 is 11.3 Å². The van der Waals surface area contributed by atoms with Gasteiger partial charge < -0.3 is 10.6 Å². The molecule has 4 rings (SSSR count). The number of carbonyl (C=O) groups is 1. The van der Waals surface area contributed by atoms with Crippen LogP contribution in [0.3, 0.4) is 0 Å². The van der Waals surface area contributed by atoms with Gasteiger partial charge in [-0.25, -0.2) is 9.97 Å². The molecule has 1 atom stereocenters. The molecule has 1 fully saturated rings. The van der Waals surface area contributed by atoms with E-state index in [0.717, 1.165) is 30.0 Å². The Bertz CT molecular complexity index is 696. The summed E-state index contributed by atoms with van der Waals surface area (Å²) in [4.78, 5) is 25.0. The van der Waals surface area contributed by atoms with Gasteiger partial charge in [0.1, 0.15) is 17.0 Å². The van der Waals surface area contributed by atoms with Crippen LogP contribution in [0.2, 0.25) is 0 Å². The van der Waals surface area contributed by atoms with Crippen molar-refractivity contribution in [2.75, 3.05) is 18.0 Å². The molecular weight excluding hydrogens is 272 g/mol. The van der Waals surface area contributed by atoms with E-state index in [1.165, 1.54) is 28.7 Å². The van der Waals surface area contributed by atoms with E-state index in [1.54, 1.807) is 17.7 Å². The molecule has 3 heterocycles. The minimum Gasteiger partial charge on any atom is -0.369 e. The van der Waals surface area contributed by atoms with Crippen LogP contribution in [0.1, 0.15) is 23.3 Å². The second kappa shape index (κ2) is 4.41. The number of aromatic nitrogens is 2.